The molecule has 3 rings (SSSR count). The van der Waals surface area contributed by atoms with Gasteiger partial charge in [-0.05, 0) is 45.8 Å². The summed E-state index contributed by atoms with van der Waals surface area (Å²) in [6, 6.07) is 13.5. The number of anilines is 1. The summed E-state index contributed by atoms with van der Waals surface area (Å²) >= 11 is 0. The normalized spacial score (nSPS) is 11.0. The van der Waals surface area contributed by atoms with Crippen LogP contribution in [0.3, 0.4) is 0 Å². The van der Waals surface area contributed by atoms with Crippen molar-refractivity contribution in [3.63, 3.8) is 0 Å². The van der Waals surface area contributed by atoms with Gasteiger partial charge in [-0.25, -0.2) is 4.39 Å². The van der Waals surface area contributed by atoms with Gasteiger partial charge in [-0.3, -0.25) is 0 Å². The third-order valence-corrected chi connectivity index (χ3v) is 2.97. The predicted octanol–water partition coefficient (Wildman–Crippen LogP) is 1.86. The quantitative estimate of drug-likeness (QED) is 0.726. The topological polar surface area (TPSA) is 91.2 Å². The summed E-state index contributed by atoms with van der Waals surface area (Å²) < 4.78 is 18.5. The predicted molar refractivity (Wildman–Crippen MR) is 82.4 cm³/mol. The molecular weight excluding hydrogens is 299 g/mol. The molecule has 1 aromatic heterocycles. The Morgan fingerprint density at radius 3 is 2.78 bits per heavy atom. The molecule has 0 unspecified atom stereocenters. The first-order chi connectivity index (χ1) is 11.2. The number of hydrogen-bond acceptors (Lipinski definition) is 6. The summed E-state index contributed by atoms with van der Waals surface area (Å²) in [4.78, 5) is 1.12. The Balaban J connectivity index is 1.66. The second kappa shape index (κ2) is 6.65. The molecule has 8 heteroatoms. The Hall–Kier alpha value is -3.29. The molecule has 0 amide bonds. The molecule has 0 radical (unpaired) electrons. The van der Waals surface area contributed by atoms with Crippen molar-refractivity contribution in [3.05, 3.63) is 65.5 Å². The summed E-state index contributed by atoms with van der Waals surface area (Å²) in [5.74, 6) is 0.502. The Morgan fingerprint density at radius 2 is 2.04 bits per heavy atom. The van der Waals surface area contributed by atoms with Gasteiger partial charge in [0, 0.05) is 0 Å². The van der Waals surface area contributed by atoms with Crippen LogP contribution in [0.2, 0.25) is 0 Å². The molecule has 0 fully saturated rings. The minimum atomic E-state index is -0.270. The van der Waals surface area contributed by atoms with E-state index in [1.165, 1.54) is 12.1 Å². The molecule has 23 heavy (non-hydrogen) atoms. The van der Waals surface area contributed by atoms with Crippen LogP contribution in [0.4, 0.5) is 10.3 Å². The summed E-state index contributed by atoms with van der Waals surface area (Å²) in [5, 5.41) is 14.6. The lowest BCUT2D eigenvalue weighted by Crippen LogP contribution is -2.00. The molecule has 2 aromatic carbocycles. The van der Waals surface area contributed by atoms with E-state index in [9.17, 15) is 4.39 Å². The van der Waals surface area contributed by atoms with Crippen LogP contribution in [0, 0.1) is 5.82 Å². The monoisotopic (exact) mass is 312 g/mol. The van der Waals surface area contributed by atoms with E-state index in [1.807, 2.05) is 24.3 Å². The molecule has 116 valence electrons. The number of aromatic nitrogens is 4. The molecule has 7 nitrogen and oxygen atoms in total. The number of rotatable bonds is 5. The van der Waals surface area contributed by atoms with Gasteiger partial charge >= 0.3 is 0 Å². The average Bonchev–Trinajstić information content (AvgIpc) is 2.98. The first-order valence-electron chi connectivity index (χ1n) is 6.76. The van der Waals surface area contributed by atoms with Crippen molar-refractivity contribution in [3.8, 4) is 5.75 Å². The van der Waals surface area contributed by atoms with Gasteiger partial charge in [0.1, 0.15) is 18.2 Å². The minimum absolute atomic E-state index is 0.102. The first kappa shape index (κ1) is 14.6. The molecule has 0 spiro atoms. The van der Waals surface area contributed by atoms with E-state index in [0.717, 1.165) is 15.9 Å². The number of ether oxygens (including phenoxy) is 1. The molecule has 0 atom stereocenters. The average molecular weight is 312 g/mol. The minimum Gasteiger partial charge on any atom is -0.489 e. The van der Waals surface area contributed by atoms with Gasteiger partial charge < -0.3 is 10.5 Å². The molecule has 0 aliphatic rings. The maximum atomic E-state index is 12.9. The largest absolute Gasteiger partial charge is 0.489 e. The first-order valence-corrected chi connectivity index (χ1v) is 6.76. The molecule has 0 aliphatic heterocycles. The summed E-state index contributed by atoms with van der Waals surface area (Å²) in [6.07, 6.45) is 1.57. The fourth-order valence-corrected chi connectivity index (χ4v) is 1.83. The zero-order valence-electron chi connectivity index (χ0n) is 12.0. The number of tetrazole rings is 1. The van der Waals surface area contributed by atoms with Crippen molar-refractivity contribution in [2.75, 3.05) is 5.73 Å². The number of nitrogen functional groups attached to an aromatic ring is 1. The molecule has 0 saturated heterocycles. The second-order valence-corrected chi connectivity index (χ2v) is 4.66. The van der Waals surface area contributed by atoms with Crippen LogP contribution in [0.5, 0.6) is 5.75 Å². The number of halogens is 1. The van der Waals surface area contributed by atoms with Crippen molar-refractivity contribution in [2.24, 2.45) is 5.10 Å². The van der Waals surface area contributed by atoms with Gasteiger partial charge in [-0.1, -0.05) is 34.2 Å². The van der Waals surface area contributed by atoms with E-state index in [1.54, 1.807) is 18.3 Å². The molecule has 3 aromatic rings. The lowest BCUT2D eigenvalue weighted by atomic mass is 10.2. The van der Waals surface area contributed by atoms with Gasteiger partial charge in [-0.15, -0.1) is 0 Å². The maximum Gasteiger partial charge on any atom is 0.263 e. The van der Waals surface area contributed by atoms with Crippen LogP contribution in [-0.4, -0.2) is 26.5 Å². The van der Waals surface area contributed by atoms with Gasteiger partial charge in [0.15, 0.2) is 0 Å². The van der Waals surface area contributed by atoms with E-state index in [0.29, 0.717) is 12.4 Å². The van der Waals surface area contributed by atoms with Gasteiger partial charge in [0.05, 0.1) is 6.21 Å². The zero-order valence-corrected chi connectivity index (χ0v) is 12.0. The van der Waals surface area contributed by atoms with Gasteiger partial charge in [0.25, 0.3) is 5.95 Å². The Kier molecular flexibility index (Phi) is 4.23. The Labute approximate surface area is 131 Å². The van der Waals surface area contributed by atoms with Crippen molar-refractivity contribution in [1.29, 1.82) is 0 Å². The second-order valence-electron chi connectivity index (χ2n) is 4.66. The summed E-state index contributed by atoms with van der Waals surface area (Å²) in [7, 11) is 0. The highest BCUT2D eigenvalue weighted by Gasteiger charge is 2.00. The fraction of sp³-hybridized carbons (Fsp3) is 0.0667. The standard InChI is InChI=1S/C15H13FN6O/c16-13-6-4-11(5-7-13)10-23-14-3-1-2-12(8-14)9-18-22-15(17)19-20-21-22/h1-9H,10H2,(H2,17,19,21). The van der Waals surface area contributed by atoms with E-state index >= 15 is 0 Å². The van der Waals surface area contributed by atoms with Crippen LogP contribution in [0.15, 0.2) is 53.6 Å². The molecule has 0 bridgehead atoms. The SMILES string of the molecule is Nc1nnnn1N=Cc1cccc(OCc2ccc(F)cc2)c1. The number of nitrogens with zero attached hydrogens (tertiary/aromatic N) is 5. The van der Waals surface area contributed by atoms with Crippen LogP contribution in [0.25, 0.3) is 0 Å². The number of benzene rings is 2. The molecule has 0 aliphatic carbocycles. The smallest absolute Gasteiger partial charge is 0.263 e. The van der Waals surface area contributed by atoms with E-state index in [-0.39, 0.29) is 11.8 Å². The maximum absolute atomic E-state index is 12.9. The van der Waals surface area contributed by atoms with Crippen LogP contribution >= 0.6 is 0 Å². The highest BCUT2D eigenvalue weighted by Crippen LogP contribution is 2.14. The van der Waals surface area contributed by atoms with Gasteiger partial charge in [-0.2, -0.15) is 5.10 Å². The number of nitrogens with two attached hydrogens (primary N) is 1. The van der Waals surface area contributed by atoms with Crippen molar-refractivity contribution >= 4 is 12.2 Å². The van der Waals surface area contributed by atoms with E-state index in [2.05, 4.69) is 20.6 Å². The van der Waals surface area contributed by atoms with Crippen molar-refractivity contribution in [1.82, 2.24) is 20.3 Å². The van der Waals surface area contributed by atoms with E-state index < -0.39 is 0 Å². The number of hydrogen-bond donors (Lipinski definition) is 1. The Morgan fingerprint density at radius 1 is 1.22 bits per heavy atom. The molecular formula is C15H13FN6O. The highest BCUT2D eigenvalue weighted by molar-refractivity contribution is 5.80. The highest BCUT2D eigenvalue weighted by atomic mass is 19.1. The molecule has 0 saturated carbocycles. The third-order valence-electron chi connectivity index (χ3n) is 2.97. The molecule has 2 N–H and O–H groups in total. The third kappa shape index (κ3) is 3.88. The van der Waals surface area contributed by atoms with Crippen LogP contribution in [-0.2, 0) is 6.61 Å². The zero-order chi connectivity index (χ0) is 16.1. The fourth-order valence-electron chi connectivity index (χ4n) is 1.83. The van der Waals surface area contributed by atoms with Crippen molar-refractivity contribution in [2.45, 2.75) is 6.61 Å². The lowest BCUT2D eigenvalue weighted by Gasteiger charge is -2.06. The lowest BCUT2D eigenvalue weighted by molar-refractivity contribution is 0.306. The Bertz CT molecular complexity index is 815. The van der Waals surface area contributed by atoms with Crippen LogP contribution < -0.4 is 10.5 Å². The van der Waals surface area contributed by atoms with Crippen molar-refractivity contribution < 1.29 is 9.13 Å². The molecule has 1 heterocycles. The summed E-state index contributed by atoms with van der Waals surface area (Å²) in [5.41, 5.74) is 7.20. The van der Waals surface area contributed by atoms with Gasteiger partial charge in [0.2, 0.25) is 0 Å². The summed E-state index contributed by atoms with van der Waals surface area (Å²) in [6.45, 7) is 0.348. The van der Waals surface area contributed by atoms with Crippen LogP contribution in [0.1, 0.15) is 11.1 Å². The van der Waals surface area contributed by atoms with E-state index in [4.69, 9.17) is 10.5 Å².